The molecular weight excluding hydrogens is 271 g/mol. The lowest BCUT2D eigenvalue weighted by Gasteiger charge is -2.20. The second-order valence-corrected chi connectivity index (χ2v) is 5.46. The molecule has 1 saturated carbocycles. The summed E-state index contributed by atoms with van der Waals surface area (Å²) in [6.45, 7) is 0.328. The van der Waals surface area contributed by atoms with Crippen molar-refractivity contribution in [2.24, 2.45) is 5.92 Å². The van der Waals surface area contributed by atoms with E-state index < -0.39 is 0 Å². The molecule has 4 nitrogen and oxygen atoms in total. The van der Waals surface area contributed by atoms with Gasteiger partial charge in [-0.3, -0.25) is 9.59 Å². The number of amides is 2. The molecule has 0 heterocycles. The third-order valence-electron chi connectivity index (χ3n) is 3.80. The Bertz CT molecular complexity index is 482. The molecule has 0 aromatic heterocycles. The highest BCUT2D eigenvalue weighted by atomic mass is 19.1. The summed E-state index contributed by atoms with van der Waals surface area (Å²) < 4.78 is 12.7. The zero-order valence-corrected chi connectivity index (χ0v) is 12.0. The van der Waals surface area contributed by atoms with E-state index in [9.17, 15) is 14.0 Å². The first-order valence-corrected chi connectivity index (χ1v) is 7.44. The molecule has 2 amide bonds. The van der Waals surface area contributed by atoms with Crippen molar-refractivity contribution < 1.29 is 14.0 Å². The fraction of sp³-hybridized carbons (Fsp3) is 0.500. The van der Waals surface area contributed by atoms with E-state index in [1.807, 2.05) is 0 Å². The van der Waals surface area contributed by atoms with E-state index in [2.05, 4.69) is 10.6 Å². The summed E-state index contributed by atoms with van der Waals surface area (Å²) in [5.74, 6) is -0.497. The van der Waals surface area contributed by atoms with Crippen LogP contribution in [0.15, 0.2) is 24.3 Å². The van der Waals surface area contributed by atoms with Crippen LogP contribution in [0.1, 0.15) is 37.7 Å². The van der Waals surface area contributed by atoms with Crippen LogP contribution in [-0.2, 0) is 16.1 Å². The fourth-order valence-corrected chi connectivity index (χ4v) is 2.54. The van der Waals surface area contributed by atoms with Gasteiger partial charge < -0.3 is 10.6 Å². The van der Waals surface area contributed by atoms with Gasteiger partial charge in [0, 0.05) is 12.5 Å². The van der Waals surface area contributed by atoms with Crippen LogP contribution in [0, 0.1) is 11.7 Å². The van der Waals surface area contributed by atoms with Gasteiger partial charge in [-0.1, -0.05) is 31.4 Å². The third-order valence-corrected chi connectivity index (χ3v) is 3.80. The summed E-state index contributed by atoms with van der Waals surface area (Å²) >= 11 is 0. The zero-order chi connectivity index (χ0) is 15.1. The lowest BCUT2D eigenvalue weighted by atomic mass is 9.89. The quantitative estimate of drug-likeness (QED) is 0.873. The average molecular weight is 292 g/mol. The predicted octanol–water partition coefficient (Wildman–Crippen LogP) is 2.14. The first kappa shape index (κ1) is 15.5. The van der Waals surface area contributed by atoms with E-state index in [1.165, 1.54) is 18.6 Å². The SMILES string of the molecule is O=C(CNC(=O)C1CCCCC1)NCc1ccc(F)cc1. The Morgan fingerprint density at radius 3 is 2.38 bits per heavy atom. The van der Waals surface area contributed by atoms with Crippen LogP contribution < -0.4 is 10.6 Å². The van der Waals surface area contributed by atoms with Gasteiger partial charge in [0.1, 0.15) is 5.82 Å². The lowest BCUT2D eigenvalue weighted by molar-refractivity contribution is -0.129. The minimum Gasteiger partial charge on any atom is -0.350 e. The molecule has 0 spiro atoms. The number of hydrogen-bond donors (Lipinski definition) is 2. The van der Waals surface area contributed by atoms with Crippen molar-refractivity contribution in [3.05, 3.63) is 35.6 Å². The highest BCUT2D eigenvalue weighted by molar-refractivity contribution is 5.85. The van der Waals surface area contributed by atoms with E-state index in [0.29, 0.717) is 6.54 Å². The summed E-state index contributed by atoms with van der Waals surface area (Å²) in [5, 5.41) is 5.39. The highest BCUT2D eigenvalue weighted by Gasteiger charge is 2.21. The molecular formula is C16H21FN2O2. The van der Waals surface area contributed by atoms with Gasteiger partial charge in [0.25, 0.3) is 0 Å². The van der Waals surface area contributed by atoms with E-state index in [4.69, 9.17) is 0 Å². The molecule has 1 aromatic carbocycles. The Kier molecular flexibility index (Phi) is 5.72. The molecule has 0 radical (unpaired) electrons. The maximum atomic E-state index is 12.7. The maximum absolute atomic E-state index is 12.7. The molecule has 1 fully saturated rings. The standard InChI is InChI=1S/C16H21FN2O2/c17-14-8-6-12(7-9-14)10-18-15(20)11-19-16(21)13-4-2-1-3-5-13/h6-9,13H,1-5,10-11H2,(H,18,20)(H,19,21). The molecule has 5 heteroatoms. The van der Waals surface area contributed by atoms with E-state index in [1.54, 1.807) is 12.1 Å². The molecule has 2 rings (SSSR count). The van der Waals surface area contributed by atoms with E-state index in [0.717, 1.165) is 31.2 Å². The van der Waals surface area contributed by atoms with Crippen molar-refractivity contribution in [1.82, 2.24) is 10.6 Å². The highest BCUT2D eigenvalue weighted by Crippen LogP contribution is 2.23. The van der Waals surface area contributed by atoms with Crippen molar-refractivity contribution in [2.75, 3.05) is 6.54 Å². The topological polar surface area (TPSA) is 58.2 Å². The van der Waals surface area contributed by atoms with Crippen molar-refractivity contribution in [1.29, 1.82) is 0 Å². The van der Waals surface area contributed by atoms with Crippen molar-refractivity contribution in [3.8, 4) is 0 Å². The monoisotopic (exact) mass is 292 g/mol. The van der Waals surface area contributed by atoms with Crippen LogP contribution in [-0.4, -0.2) is 18.4 Å². The minimum atomic E-state index is -0.301. The summed E-state index contributed by atoms with van der Waals surface area (Å²) in [6, 6.07) is 5.95. The number of carbonyl (C=O) groups excluding carboxylic acids is 2. The number of halogens is 1. The van der Waals surface area contributed by atoms with Crippen LogP contribution in [0.25, 0.3) is 0 Å². The van der Waals surface area contributed by atoms with Gasteiger partial charge in [0.2, 0.25) is 11.8 Å². The van der Waals surface area contributed by atoms with Crippen LogP contribution in [0.3, 0.4) is 0 Å². The van der Waals surface area contributed by atoms with Gasteiger partial charge in [0.05, 0.1) is 6.54 Å². The summed E-state index contributed by atoms with van der Waals surface area (Å²) in [5.41, 5.74) is 0.823. The fourth-order valence-electron chi connectivity index (χ4n) is 2.54. The molecule has 1 aliphatic rings. The largest absolute Gasteiger partial charge is 0.350 e. The second-order valence-electron chi connectivity index (χ2n) is 5.46. The number of hydrogen-bond acceptors (Lipinski definition) is 2. The van der Waals surface area contributed by atoms with E-state index >= 15 is 0 Å². The molecule has 0 atom stereocenters. The maximum Gasteiger partial charge on any atom is 0.239 e. The van der Waals surface area contributed by atoms with Crippen LogP contribution in [0.5, 0.6) is 0 Å². The Balaban J connectivity index is 1.67. The minimum absolute atomic E-state index is 0.00344. The van der Waals surface area contributed by atoms with Crippen molar-refractivity contribution >= 4 is 11.8 Å². The summed E-state index contributed by atoms with van der Waals surface area (Å²) in [6.07, 6.45) is 5.22. The lowest BCUT2D eigenvalue weighted by Crippen LogP contribution is -2.39. The smallest absolute Gasteiger partial charge is 0.239 e. The molecule has 1 aromatic rings. The van der Waals surface area contributed by atoms with Gasteiger partial charge in [-0.25, -0.2) is 4.39 Å². The molecule has 1 aliphatic carbocycles. The van der Waals surface area contributed by atoms with Gasteiger partial charge in [-0.2, -0.15) is 0 Å². The Morgan fingerprint density at radius 2 is 1.71 bits per heavy atom. The number of nitrogens with one attached hydrogen (secondary N) is 2. The molecule has 21 heavy (non-hydrogen) atoms. The summed E-state index contributed by atoms with van der Waals surface area (Å²) in [7, 11) is 0. The van der Waals surface area contributed by atoms with Crippen LogP contribution in [0.2, 0.25) is 0 Å². The Morgan fingerprint density at radius 1 is 1.05 bits per heavy atom. The van der Waals surface area contributed by atoms with Gasteiger partial charge >= 0.3 is 0 Å². The Labute approximate surface area is 124 Å². The van der Waals surface area contributed by atoms with E-state index in [-0.39, 0.29) is 30.1 Å². The second kappa shape index (κ2) is 7.76. The van der Waals surface area contributed by atoms with Crippen molar-refractivity contribution in [2.45, 2.75) is 38.6 Å². The molecule has 2 N–H and O–H groups in total. The van der Waals surface area contributed by atoms with Gasteiger partial charge in [-0.05, 0) is 30.5 Å². The first-order chi connectivity index (χ1) is 10.1. The molecule has 0 bridgehead atoms. The van der Waals surface area contributed by atoms with Crippen LogP contribution in [0.4, 0.5) is 4.39 Å². The molecule has 0 saturated heterocycles. The zero-order valence-electron chi connectivity index (χ0n) is 12.0. The van der Waals surface area contributed by atoms with Gasteiger partial charge in [-0.15, -0.1) is 0 Å². The van der Waals surface area contributed by atoms with Crippen molar-refractivity contribution in [3.63, 3.8) is 0 Å². The van der Waals surface area contributed by atoms with Crippen LogP contribution >= 0.6 is 0 Å². The third kappa shape index (κ3) is 5.17. The molecule has 114 valence electrons. The number of benzene rings is 1. The van der Waals surface area contributed by atoms with Gasteiger partial charge in [0.15, 0.2) is 0 Å². The first-order valence-electron chi connectivity index (χ1n) is 7.44. The summed E-state index contributed by atoms with van der Waals surface area (Å²) in [4.78, 5) is 23.6. The predicted molar refractivity (Wildman–Crippen MR) is 77.8 cm³/mol. The number of carbonyl (C=O) groups is 2. The normalized spacial score (nSPS) is 15.5. The Hall–Kier alpha value is -1.91. The molecule has 0 unspecified atom stereocenters. The number of rotatable bonds is 5. The molecule has 0 aliphatic heterocycles. The average Bonchev–Trinajstić information content (AvgIpc) is 2.53.